The average Bonchev–Trinajstić information content (AvgIpc) is 3.56. The first-order valence-corrected chi connectivity index (χ1v) is 13.4. The smallest absolute Gasteiger partial charge is 0.341 e. The number of carbonyl (C=O) groups excluding carboxylic acids is 3. The van der Waals surface area contributed by atoms with Crippen LogP contribution < -0.4 is 5.32 Å². The van der Waals surface area contributed by atoms with Crippen molar-refractivity contribution < 1.29 is 28.3 Å². The van der Waals surface area contributed by atoms with E-state index in [1.807, 2.05) is 48.5 Å². The van der Waals surface area contributed by atoms with E-state index in [2.05, 4.69) is 10.3 Å². The number of oxazole rings is 1. The summed E-state index contributed by atoms with van der Waals surface area (Å²) < 4.78 is 16.4. The minimum Gasteiger partial charge on any atom is -0.465 e. The van der Waals surface area contributed by atoms with Crippen LogP contribution in [0.3, 0.4) is 0 Å². The van der Waals surface area contributed by atoms with Crippen molar-refractivity contribution in [2.24, 2.45) is 0 Å². The zero-order chi connectivity index (χ0) is 26.9. The van der Waals surface area contributed by atoms with Crippen molar-refractivity contribution in [3.63, 3.8) is 0 Å². The van der Waals surface area contributed by atoms with Crippen molar-refractivity contribution in [2.75, 3.05) is 19.0 Å². The summed E-state index contributed by atoms with van der Waals surface area (Å²) in [6.07, 6.45) is 3.65. The van der Waals surface area contributed by atoms with Crippen molar-refractivity contribution in [2.45, 2.75) is 25.7 Å². The number of aryl methyl sites for hydroxylation is 1. The normalized spacial score (nSPS) is 12.7. The molecule has 0 bridgehead atoms. The lowest BCUT2D eigenvalue weighted by atomic mass is 9.95. The van der Waals surface area contributed by atoms with Gasteiger partial charge in [-0.25, -0.2) is 14.6 Å². The van der Waals surface area contributed by atoms with Gasteiger partial charge in [0, 0.05) is 15.8 Å². The predicted octanol–water partition coefficient (Wildman–Crippen LogP) is 6.17. The van der Waals surface area contributed by atoms with Gasteiger partial charge in [0.2, 0.25) is 5.89 Å². The first kappa shape index (κ1) is 24.8. The molecule has 8 nitrogen and oxygen atoms in total. The number of esters is 2. The largest absolute Gasteiger partial charge is 0.465 e. The van der Waals surface area contributed by atoms with Crippen LogP contribution in [0.15, 0.2) is 65.1 Å². The van der Waals surface area contributed by atoms with Crippen LogP contribution in [0, 0.1) is 0 Å². The SMILES string of the molecule is COC(=O)c1c(NC(=O)COC(=O)c2cccc3cccc(-c4nc5ccccc5o4)c23)sc2c1CCCC2. The van der Waals surface area contributed by atoms with E-state index in [0.717, 1.165) is 41.5 Å². The van der Waals surface area contributed by atoms with Crippen molar-refractivity contribution in [3.05, 3.63) is 82.2 Å². The molecule has 5 aromatic rings. The van der Waals surface area contributed by atoms with E-state index in [-0.39, 0.29) is 0 Å². The van der Waals surface area contributed by atoms with Gasteiger partial charge >= 0.3 is 11.9 Å². The molecular weight excluding hydrogens is 516 g/mol. The van der Waals surface area contributed by atoms with Gasteiger partial charge in [0.25, 0.3) is 5.91 Å². The maximum atomic E-state index is 13.2. The minimum absolute atomic E-state index is 0.292. The number of para-hydroxylation sites is 2. The van der Waals surface area contributed by atoms with Crippen LogP contribution in [-0.2, 0) is 27.1 Å². The first-order chi connectivity index (χ1) is 19.0. The molecule has 9 heteroatoms. The Bertz CT molecular complexity index is 1710. The summed E-state index contributed by atoms with van der Waals surface area (Å²) in [5.74, 6) is -1.29. The predicted molar refractivity (Wildman–Crippen MR) is 148 cm³/mol. The number of nitrogens with one attached hydrogen (secondary N) is 1. The molecule has 0 radical (unpaired) electrons. The molecule has 2 aromatic heterocycles. The highest BCUT2D eigenvalue weighted by atomic mass is 32.1. The molecular formula is C30H24N2O6S. The number of methoxy groups -OCH3 is 1. The van der Waals surface area contributed by atoms with Gasteiger partial charge in [-0.3, -0.25) is 4.79 Å². The summed E-state index contributed by atoms with van der Waals surface area (Å²) in [7, 11) is 1.32. The van der Waals surface area contributed by atoms with E-state index < -0.39 is 24.5 Å². The third kappa shape index (κ3) is 4.66. The number of anilines is 1. The number of thiophene rings is 1. The van der Waals surface area contributed by atoms with Crippen molar-refractivity contribution in [1.82, 2.24) is 4.98 Å². The number of hydrogen-bond acceptors (Lipinski definition) is 8. The third-order valence-electron chi connectivity index (χ3n) is 6.80. The Morgan fingerprint density at radius 3 is 2.59 bits per heavy atom. The molecule has 3 aromatic carbocycles. The summed E-state index contributed by atoms with van der Waals surface area (Å²) in [5, 5.41) is 4.61. The van der Waals surface area contributed by atoms with E-state index in [1.54, 1.807) is 12.1 Å². The molecule has 39 heavy (non-hydrogen) atoms. The van der Waals surface area contributed by atoms with Gasteiger partial charge in [-0.2, -0.15) is 0 Å². The van der Waals surface area contributed by atoms with Gasteiger partial charge in [-0.05, 0) is 60.9 Å². The molecule has 196 valence electrons. The fourth-order valence-electron chi connectivity index (χ4n) is 5.02. The molecule has 0 saturated heterocycles. The highest BCUT2D eigenvalue weighted by molar-refractivity contribution is 7.17. The van der Waals surface area contributed by atoms with Crippen LogP contribution in [0.1, 0.15) is 44.0 Å². The molecule has 0 aliphatic heterocycles. The van der Waals surface area contributed by atoms with Crippen LogP contribution in [0.25, 0.3) is 33.3 Å². The van der Waals surface area contributed by atoms with E-state index >= 15 is 0 Å². The summed E-state index contributed by atoms with van der Waals surface area (Å²) in [4.78, 5) is 44.2. The first-order valence-electron chi connectivity index (χ1n) is 12.6. The summed E-state index contributed by atoms with van der Waals surface area (Å²) in [5.41, 5.74) is 3.62. The summed E-state index contributed by atoms with van der Waals surface area (Å²) >= 11 is 1.38. The van der Waals surface area contributed by atoms with Crippen molar-refractivity contribution in [3.8, 4) is 11.5 Å². The van der Waals surface area contributed by atoms with E-state index in [4.69, 9.17) is 13.9 Å². The molecule has 0 fully saturated rings. The number of aromatic nitrogens is 1. The highest BCUT2D eigenvalue weighted by Gasteiger charge is 2.27. The highest BCUT2D eigenvalue weighted by Crippen LogP contribution is 2.38. The van der Waals surface area contributed by atoms with Crippen LogP contribution >= 0.6 is 11.3 Å². The third-order valence-corrected chi connectivity index (χ3v) is 8.00. The van der Waals surface area contributed by atoms with Crippen LogP contribution in [-0.4, -0.2) is 36.5 Å². The lowest BCUT2D eigenvalue weighted by Crippen LogP contribution is -2.22. The van der Waals surface area contributed by atoms with Crippen molar-refractivity contribution >= 4 is 56.1 Å². The quantitative estimate of drug-likeness (QED) is 0.257. The monoisotopic (exact) mass is 540 g/mol. The standard InChI is InChI=1S/C30H24N2O6S/c1-36-30(35)26-18-10-2-5-15-23(18)39-28(26)32-24(33)16-37-29(34)20-12-7-9-17-8-6-11-19(25(17)20)27-31-21-13-3-4-14-22(21)38-27/h3-4,6-9,11-14H,2,5,10,15-16H2,1H3,(H,32,33). The Morgan fingerprint density at radius 2 is 1.77 bits per heavy atom. The fraction of sp³-hybridized carbons (Fsp3) is 0.200. The number of fused-ring (bicyclic) bond motifs is 3. The molecule has 1 N–H and O–H groups in total. The van der Waals surface area contributed by atoms with Gasteiger partial charge in [0.15, 0.2) is 12.2 Å². The second-order valence-corrected chi connectivity index (χ2v) is 10.3. The van der Waals surface area contributed by atoms with Gasteiger partial charge in [-0.15, -0.1) is 11.3 Å². The molecule has 1 aliphatic carbocycles. The van der Waals surface area contributed by atoms with Gasteiger partial charge < -0.3 is 19.2 Å². The number of benzene rings is 3. The number of amides is 1. The zero-order valence-corrected chi connectivity index (χ0v) is 21.9. The Morgan fingerprint density at radius 1 is 0.974 bits per heavy atom. The summed E-state index contributed by atoms with van der Waals surface area (Å²) in [6.45, 7) is -0.510. The Kier molecular flexibility index (Phi) is 6.58. The van der Waals surface area contributed by atoms with Crippen LogP contribution in [0.2, 0.25) is 0 Å². The molecule has 1 aliphatic rings. The number of ether oxygens (including phenoxy) is 2. The van der Waals surface area contributed by atoms with Crippen LogP contribution in [0.4, 0.5) is 5.00 Å². The average molecular weight is 541 g/mol. The Balaban J connectivity index is 1.25. The Hall–Kier alpha value is -4.50. The number of nitrogens with zero attached hydrogens (tertiary/aromatic N) is 1. The van der Waals surface area contributed by atoms with Gasteiger partial charge in [0.1, 0.15) is 10.5 Å². The molecule has 1 amide bonds. The van der Waals surface area contributed by atoms with Gasteiger partial charge in [-0.1, -0.05) is 36.4 Å². The maximum absolute atomic E-state index is 13.2. The lowest BCUT2D eigenvalue weighted by Gasteiger charge is -2.12. The van der Waals surface area contributed by atoms with E-state index in [0.29, 0.717) is 44.1 Å². The summed E-state index contributed by atoms with van der Waals surface area (Å²) in [6, 6.07) is 18.3. The van der Waals surface area contributed by atoms with Gasteiger partial charge in [0.05, 0.1) is 18.2 Å². The minimum atomic E-state index is -0.655. The fourth-order valence-corrected chi connectivity index (χ4v) is 6.31. The molecule has 6 rings (SSSR count). The maximum Gasteiger partial charge on any atom is 0.341 e. The van der Waals surface area contributed by atoms with E-state index in [9.17, 15) is 14.4 Å². The molecule has 0 spiro atoms. The second-order valence-electron chi connectivity index (χ2n) is 9.23. The van der Waals surface area contributed by atoms with Crippen molar-refractivity contribution in [1.29, 1.82) is 0 Å². The molecule has 0 atom stereocenters. The molecule has 0 saturated carbocycles. The molecule has 0 unspecified atom stereocenters. The van der Waals surface area contributed by atoms with Crippen LogP contribution in [0.5, 0.6) is 0 Å². The second kappa shape index (κ2) is 10.3. The lowest BCUT2D eigenvalue weighted by molar-refractivity contribution is -0.119. The number of hydrogen-bond donors (Lipinski definition) is 1. The number of carbonyl (C=O) groups is 3. The Labute approximate surface area is 227 Å². The topological polar surface area (TPSA) is 108 Å². The molecule has 2 heterocycles. The number of rotatable bonds is 6. The zero-order valence-electron chi connectivity index (χ0n) is 21.1. The van der Waals surface area contributed by atoms with E-state index in [1.165, 1.54) is 18.4 Å².